The van der Waals surface area contributed by atoms with Crippen LogP contribution >= 0.6 is 0 Å². The fourth-order valence-electron chi connectivity index (χ4n) is 2.03. The van der Waals surface area contributed by atoms with Crippen LogP contribution in [0.2, 0.25) is 0 Å². The zero-order chi connectivity index (χ0) is 15.3. The van der Waals surface area contributed by atoms with Gasteiger partial charge in [0.25, 0.3) is 0 Å². The Balaban J connectivity index is 2.88. The van der Waals surface area contributed by atoms with E-state index in [1.807, 2.05) is 20.8 Å². The summed E-state index contributed by atoms with van der Waals surface area (Å²) in [5.41, 5.74) is 3.06. The molecule has 1 aromatic carbocycles. The molecule has 0 atom stereocenters. The standard InChI is InChI=1S/C17H22O3/c1-11(2)6-5-7-12(3)8-15(19)17-13(4)9-14(18)10-16(17)20/h6,8-10,18,20H,5,7H2,1-4H3/b12-8+. The predicted octanol–water partition coefficient (Wildman–Crippen LogP) is 4.28. The molecule has 3 heteroatoms. The maximum Gasteiger partial charge on any atom is 0.189 e. The lowest BCUT2D eigenvalue weighted by Gasteiger charge is -2.07. The molecule has 0 saturated carbocycles. The number of hydrogen-bond donors (Lipinski definition) is 2. The topological polar surface area (TPSA) is 57.5 Å². The monoisotopic (exact) mass is 274 g/mol. The number of benzene rings is 1. The van der Waals surface area contributed by atoms with Crippen molar-refractivity contribution in [2.75, 3.05) is 0 Å². The second-order valence-corrected chi connectivity index (χ2v) is 5.33. The van der Waals surface area contributed by atoms with Crippen molar-refractivity contribution >= 4 is 5.78 Å². The first-order chi connectivity index (χ1) is 9.31. The van der Waals surface area contributed by atoms with Crippen LogP contribution in [0, 0.1) is 6.92 Å². The molecule has 0 aliphatic heterocycles. The Kier molecular flexibility index (Phi) is 5.56. The van der Waals surface area contributed by atoms with Crippen LogP contribution in [0.15, 0.2) is 35.4 Å². The van der Waals surface area contributed by atoms with E-state index < -0.39 is 0 Å². The van der Waals surface area contributed by atoms with E-state index in [-0.39, 0.29) is 22.8 Å². The minimum atomic E-state index is -0.227. The molecular weight excluding hydrogens is 252 g/mol. The van der Waals surface area contributed by atoms with Gasteiger partial charge in [-0.1, -0.05) is 17.2 Å². The second kappa shape index (κ2) is 6.94. The van der Waals surface area contributed by atoms with Crippen molar-refractivity contribution in [2.45, 2.75) is 40.5 Å². The smallest absolute Gasteiger partial charge is 0.189 e. The van der Waals surface area contributed by atoms with Gasteiger partial charge in [-0.25, -0.2) is 0 Å². The third-order valence-corrected chi connectivity index (χ3v) is 3.01. The minimum Gasteiger partial charge on any atom is -0.508 e. The van der Waals surface area contributed by atoms with Gasteiger partial charge < -0.3 is 10.2 Å². The van der Waals surface area contributed by atoms with Crippen molar-refractivity contribution in [2.24, 2.45) is 0 Å². The van der Waals surface area contributed by atoms with E-state index in [1.54, 1.807) is 13.0 Å². The Hall–Kier alpha value is -2.03. The largest absolute Gasteiger partial charge is 0.508 e. The molecule has 0 aromatic heterocycles. The van der Waals surface area contributed by atoms with Crippen molar-refractivity contribution in [1.82, 2.24) is 0 Å². The highest BCUT2D eigenvalue weighted by molar-refractivity contribution is 6.08. The Morgan fingerprint density at radius 2 is 1.85 bits per heavy atom. The number of aryl methyl sites for hydroxylation is 1. The number of ketones is 1. The van der Waals surface area contributed by atoms with Crippen LogP contribution in [-0.4, -0.2) is 16.0 Å². The average Bonchev–Trinajstić information content (AvgIpc) is 2.26. The summed E-state index contributed by atoms with van der Waals surface area (Å²) >= 11 is 0. The molecular formula is C17H22O3. The van der Waals surface area contributed by atoms with Gasteiger partial charge in [0, 0.05) is 6.07 Å². The van der Waals surface area contributed by atoms with Gasteiger partial charge in [-0.05, 0) is 58.2 Å². The fourth-order valence-corrected chi connectivity index (χ4v) is 2.03. The normalized spacial score (nSPS) is 11.3. The first-order valence-electron chi connectivity index (χ1n) is 6.68. The van der Waals surface area contributed by atoms with Crippen molar-refractivity contribution in [1.29, 1.82) is 0 Å². The zero-order valence-electron chi connectivity index (χ0n) is 12.5. The molecule has 1 aromatic rings. The second-order valence-electron chi connectivity index (χ2n) is 5.33. The summed E-state index contributed by atoms with van der Waals surface area (Å²) < 4.78 is 0. The third kappa shape index (κ3) is 4.57. The molecule has 0 radical (unpaired) electrons. The first-order valence-corrected chi connectivity index (χ1v) is 6.68. The lowest BCUT2D eigenvalue weighted by Crippen LogP contribution is -2.00. The Bertz CT molecular complexity index is 539. The molecule has 0 amide bonds. The van der Waals surface area contributed by atoms with E-state index in [1.165, 1.54) is 17.7 Å². The van der Waals surface area contributed by atoms with Gasteiger partial charge in [0.05, 0.1) is 5.56 Å². The molecule has 0 saturated heterocycles. The lowest BCUT2D eigenvalue weighted by atomic mass is 10.00. The van der Waals surface area contributed by atoms with Crippen molar-refractivity contribution in [3.8, 4) is 11.5 Å². The maximum atomic E-state index is 12.2. The van der Waals surface area contributed by atoms with Gasteiger partial charge in [0.2, 0.25) is 0 Å². The van der Waals surface area contributed by atoms with Crippen LogP contribution in [-0.2, 0) is 0 Å². The van der Waals surface area contributed by atoms with Gasteiger partial charge in [-0.3, -0.25) is 4.79 Å². The first kappa shape index (κ1) is 16.0. The fraction of sp³-hybridized carbons (Fsp3) is 0.353. The Labute approximate surface area is 120 Å². The predicted molar refractivity (Wildman–Crippen MR) is 81.3 cm³/mol. The number of phenols is 2. The number of rotatable bonds is 5. The lowest BCUT2D eigenvalue weighted by molar-refractivity contribution is 0.104. The molecule has 0 fully saturated rings. The molecule has 0 spiro atoms. The molecule has 0 heterocycles. The van der Waals surface area contributed by atoms with Gasteiger partial charge >= 0.3 is 0 Å². The molecule has 108 valence electrons. The van der Waals surface area contributed by atoms with E-state index in [9.17, 15) is 15.0 Å². The van der Waals surface area contributed by atoms with Crippen LogP contribution < -0.4 is 0 Å². The zero-order valence-corrected chi connectivity index (χ0v) is 12.5. The number of allylic oxidation sites excluding steroid dienone is 4. The van der Waals surface area contributed by atoms with E-state index in [0.717, 1.165) is 18.4 Å². The van der Waals surface area contributed by atoms with Crippen LogP contribution in [0.4, 0.5) is 0 Å². The summed E-state index contributed by atoms with van der Waals surface area (Å²) in [6.45, 7) is 7.69. The number of hydrogen-bond acceptors (Lipinski definition) is 3. The van der Waals surface area contributed by atoms with Crippen molar-refractivity contribution in [3.63, 3.8) is 0 Å². The minimum absolute atomic E-state index is 0.0409. The van der Waals surface area contributed by atoms with E-state index in [4.69, 9.17) is 0 Å². The number of carbonyl (C=O) groups is 1. The van der Waals surface area contributed by atoms with Gasteiger partial charge in [-0.2, -0.15) is 0 Å². The Morgan fingerprint density at radius 3 is 2.40 bits per heavy atom. The van der Waals surface area contributed by atoms with Crippen LogP contribution in [0.5, 0.6) is 11.5 Å². The summed E-state index contributed by atoms with van der Waals surface area (Å²) in [7, 11) is 0. The molecule has 2 N–H and O–H groups in total. The molecule has 1 rings (SSSR count). The molecule has 3 nitrogen and oxygen atoms in total. The summed E-state index contributed by atoms with van der Waals surface area (Å²) in [6.07, 6.45) is 5.40. The highest BCUT2D eigenvalue weighted by Gasteiger charge is 2.13. The summed E-state index contributed by atoms with van der Waals surface area (Å²) in [5, 5.41) is 19.1. The number of aromatic hydroxyl groups is 2. The molecule has 0 aliphatic rings. The number of phenolic OH excluding ortho intramolecular Hbond substituents is 2. The van der Waals surface area contributed by atoms with E-state index in [0.29, 0.717) is 5.56 Å². The van der Waals surface area contributed by atoms with Crippen LogP contribution in [0.25, 0.3) is 0 Å². The van der Waals surface area contributed by atoms with Gasteiger partial charge in [0.1, 0.15) is 11.5 Å². The molecule has 0 unspecified atom stereocenters. The highest BCUT2D eigenvalue weighted by atomic mass is 16.3. The summed E-state index contributed by atoms with van der Waals surface area (Å²) in [4.78, 5) is 12.2. The van der Waals surface area contributed by atoms with E-state index in [2.05, 4.69) is 6.08 Å². The highest BCUT2D eigenvalue weighted by Crippen LogP contribution is 2.27. The summed E-state index contributed by atoms with van der Waals surface area (Å²) in [5.74, 6) is -0.448. The Morgan fingerprint density at radius 1 is 1.20 bits per heavy atom. The van der Waals surface area contributed by atoms with Crippen LogP contribution in [0.1, 0.15) is 49.5 Å². The average molecular weight is 274 g/mol. The summed E-state index contributed by atoms with van der Waals surface area (Å²) in [6, 6.07) is 2.66. The quantitative estimate of drug-likeness (QED) is 0.478. The molecule has 0 aliphatic carbocycles. The molecule has 20 heavy (non-hydrogen) atoms. The van der Waals surface area contributed by atoms with Crippen LogP contribution in [0.3, 0.4) is 0 Å². The van der Waals surface area contributed by atoms with E-state index >= 15 is 0 Å². The van der Waals surface area contributed by atoms with Gasteiger partial charge in [-0.15, -0.1) is 0 Å². The molecule has 0 bridgehead atoms. The number of carbonyl (C=O) groups excluding carboxylic acids is 1. The van der Waals surface area contributed by atoms with Crippen molar-refractivity contribution in [3.05, 3.63) is 46.6 Å². The third-order valence-electron chi connectivity index (χ3n) is 3.01. The van der Waals surface area contributed by atoms with Gasteiger partial charge in [0.15, 0.2) is 5.78 Å². The van der Waals surface area contributed by atoms with Crippen molar-refractivity contribution < 1.29 is 15.0 Å². The SMILES string of the molecule is CC(C)=CCC/C(C)=C/C(=O)c1c(C)cc(O)cc1O. The maximum absolute atomic E-state index is 12.2.